The predicted molar refractivity (Wildman–Crippen MR) is 178 cm³/mol. The molecule has 1 amide bonds. The van der Waals surface area contributed by atoms with Gasteiger partial charge in [-0.1, -0.05) is 32.9 Å². The van der Waals surface area contributed by atoms with Crippen molar-refractivity contribution in [3.8, 4) is 0 Å². The van der Waals surface area contributed by atoms with Gasteiger partial charge in [-0.05, 0) is 57.3 Å². The number of allylic oxidation sites excluding steroid dienone is 2. The SMILES string of the molecule is C=CC1CC1(C(=O)OCC)C(=O)OCCCOC(=O)CCC(C)(C)CC(C)CCNC(=O)OCCCOC(=O)C1(C(=O)OCC)CC1C=C. The monoisotopic (exact) mass is 693 g/mol. The van der Waals surface area contributed by atoms with Gasteiger partial charge in [-0.15, -0.1) is 13.2 Å². The summed E-state index contributed by atoms with van der Waals surface area (Å²) in [5.41, 5.74) is -2.76. The number of hydrogen-bond donors (Lipinski definition) is 1. The minimum absolute atomic E-state index is 0.00209. The van der Waals surface area contributed by atoms with Gasteiger partial charge in [0.1, 0.15) is 0 Å². The number of nitrogens with one attached hydrogen (secondary N) is 1. The minimum Gasteiger partial charge on any atom is -0.466 e. The Hall–Kier alpha value is -3.90. The van der Waals surface area contributed by atoms with Gasteiger partial charge in [0.25, 0.3) is 0 Å². The summed E-state index contributed by atoms with van der Waals surface area (Å²) in [7, 11) is 0. The van der Waals surface area contributed by atoms with E-state index in [2.05, 4.69) is 39.2 Å². The van der Waals surface area contributed by atoms with Crippen LogP contribution in [0.2, 0.25) is 0 Å². The molecule has 0 bridgehead atoms. The van der Waals surface area contributed by atoms with Gasteiger partial charge < -0.3 is 33.7 Å². The van der Waals surface area contributed by atoms with Crippen molar-refractivity contribution in [1.82, 2.24) is 5.32 Å². The number of hydrogen-bond acceptors (Lipinski definition) is 12. The molecule has 0 aromatic rings. The highest BCUT2D eigenvalue weighted by molar-refractivity contribution is 6.05. The molecule has 13 nitrogen and oxygen atoms in total. The number of rotatable bonds is 24. The average Bonchev–Trinajstić information content (AvgIpc) is 3.97. The van der Waals surface area contributed by atoms with Crippen molar-refractivity contribution in [2.45, 2.75) is 86.0 Å². The number of carbonyl (C=O) groups is 6. The third kappa shape index (κ3) is 11.9. The summed E-state index contributed by atoms with van der Waals surface area (Å²) in [6, 6.07) is 0. The summed E-state index contributed by atoms with van der Waals surface area (Å²) in [5, 5.41) is 2.72. The second kappa shape index (κ2) is 19.3. The molecule has 49 heavy (non-hydrogen) atoms. The van der Waals surface area contributed by atoms with Gasteiger partial charge in [-0.25, -0.2) is 4.79 Å². The van der Waals surface area contributed by atoms with Crippen molar-refractivity contribution in [2.75, 3.05) is 46.2 Å². The molecule has 13 heteroatoms. The van der Waals surface area contributed by atoms with Gasteiger partial charge in [-0.3, -0.25) is 24.0 Å². The first-order valence-corrected chi connectivity index (χ1v) is 17.2. The van der Waals surface area contributed by atoms with Crippen LogP contribution in [0.15, 0.2) is 25.3 Å². The Kier molecular flexibility index (Phi) is 16.3. The van der Waals surface area contributed by atoms with Crippen LogP contribution in [0.5, 0.6) is 0 Å². The molecule has 0 aliphatic heterocycles. The zero-order chi connectivity index (χ0) is 36.7. The number of alkyl carbamates (subject to hydrolysis) is 1. The first kappa shape index (κ1) is 41.3. The lowest BCUT2D eigenvalue weighted by Crippen LogP contribution is -2.32. The zero-order valence-electron chi connectivity index (χ0n) is 29.8. The smallest absolute Gasteiger partial charge is 0.407 e. The molecule has 276 valence electrons. The Morgan fingerprint density at radius 1 is 0.755 bits per heavy atom. The van der Waals surface area contributed by atoms with Crippen LogP contribution in [0.1, 0.15) is 86.0 Å². The molecule has 5 atom stereocenters. The van der Waals surface area contributed by atoms with Crippen molar-refractivity contribution < 1.29 is 57.2 Å². The van der Waals surface area contributed by atoms with Crippen LogP contribution in [0, 0.1) is 34.0 Å². The normalized spacial score (nSPS) is 22.8. The number of amides is 1. The number of esters is 5. The fraction of sp³-hybridized carbons (Fsp3) is 0.722. The standard InChI is InChI=1S/C36H55NO12/c1-8-26-23-35(26,29(39)44-10-3)31(41)47-19-12-18-46-28(38)14-16-34(6,7)22-25(5)15-17-37-33(43)49-21-13-20-48-32(42)36(24-27(36)9-2)30(40)45-11-4/h8-9,25-27H,1-2,10-24H2,3-7H3,(H,37,43). The summed E-state index contributed by atoms with van der Waals surface area (Å²) < 4.78 is 31.1. The Labute approximate surface area is 289 Å². The lowest BCUT2D eigenvalue weighted by molar-refractivity contribution is -0.167. The molecule has 0 heterocycles. The summed E-state index contributed by atoms with van der Waals surface area (Å²) >= 11 is 0. The molecule has 2 aliphatic carbocycles. The van der Waals surface area contributed by atoms with E-state index in [9.17, 15) is 28.8 Å². The fourth-order valence-corrected chi connectivity index (χ4v) is 5.96. The molecule has 2 rings (SSSR count). The van der Waals surface area contributed by atoms with Crippen molar-refractivity contribution >= 4 is 35.9 Å². The highest BCUT2D eigenvalue weighted by atomic mass is 16.6. The first-order chi connectivity index (χ1) is 23.2. The average molecular weight is 694 g/mol. The quantitative estimate of drug-likeness (QED) is 0.0480. The molecule has 5 unspecified atom stereocenters. The molecule has 0 spiro atoms. The molecule has 2 aliphatic rings. The molecular formula is C36H55NO12. The van der Waals surface area contributed by atoms with Crippen LogP contribution in [0.4, 0.5) is 4.79 Å². The summed E-state index contributed by atoms with van der Waals surface area (Å²) in [6.07, 6.45) is 6.17. The van der Waals surface area contributed by atoms with Gasteiger partial charge in [0.15, 0.2) is 10.8 Å². The maximum atomic E-state index is 12.5. The van der Waals surface area contributed by atoms with Gasteiger partial charge in [0, 0.05) is 37.6 Å². The van der Waals surface area contributed by atoms with E-state index >= 15 is 0 Å². The van der Waals surface area contributed by atoms with Crippen molar-refractivity contribution in [1.29, 1.82) is 0 Å². The maximum Gasteiger partial charge on any atom is 0.407 e. The van der Waals surface area contributed by atoms with E-state index in [1.165, 1.54) is 0 Å². The van der Waals surface area contributed by atoms with Gasteiger partial charge in [-0.2, -0.15) is 0 Å². The molecule has 2 fully saturated rings. The second-order valence-corrected chi connectivity index (χ2v) is 13.5. The van der Waals surface area contributed by atoms with Crippen LogP contribution in [0.25, 0.3) is 0 Å². The molecular weight excluding hydrogens is 638 g/mol. The lowest BCUT2D eigenvalue weighted by atomic mass is 9.79. The minimum atomic E-state index is -1.31. The molecule has 0 radical (unpaired) electrons. The van der Waals surface area contributed by atoms with Gasteiger partial charge in [0.2, 0.25) is 0 Å². The third-order valence-corrected chi connectivity index (χ3v) is 8.96. The van der Waals surface area contributed by atoms with Crippen molar-refractivity contribution in [3.05, 3.63) is 25.3 Å². The summed E-state index contributed by atoms with van der Waals surface area (Å²) in [5.74, 6) is -3.16. The fourth-order valence-electron chi connectivity index (χ4n) is 5.96. The zero-order valence-corrected chi connectivity index (χ0v) is 29.8. The summed E-state index contributed by atoms with van der Waals surface area (Å²) in [6.45, 7) is 17.8. The van der Waals surface area contributed by atoms with E-state index in [1.807, 2.05) is 0 Å². The largest absolute Gasteiger partial charge is 0.466 e. The first-order valence-electron chi connectivity index (χ1n) is 17.2. The molecule has 1 N–H and O–H groups in total. The van der Waals surface area contributed by atoms with E-state index in [-0.39, 0.29) is 81.6 Å². The van der Waals surface area contributed by atoms with Crippen LogP contribution in [0.3, 0.4) is 0 Å². The number of carbonyl (C=O) groups excluding carboxylic acids is 6. The highest BCUT2D eigenvalue weighted by Gasteiger charge is 2.67. The van der Waals surface area contributed by atoms with Crippen molar-refractivity contribution in [3.63, 3.8) is 0 Å². The van der Waals surface area contributed by atoms with Crippen LogP contribution >= 0.6 is 0 Å². The molecule has 0 aromatic heterocycles. The van der Waals surface area contributed by atoms with Gasteiger partial charge >= 0.3 is 35.9 Å². The number of ether oxygens (including phenoxy) is 6. The summed E-state index contributed by atoms with van der Waals surface area (Å²) in [4.78, 5) is 73.9. The Morgan fingerprint density at radius 3 is 1.65 bits per heavy atom. The van der Waals surface area contributed by atoms with Crippen LogP contribution in [-0.4, -0.2) is 82.1 Å². The molecule has 0 aromatic carbocycles. The topological polar surface area (TPSA) is 170 Å². The van der Waals surface area contributed by atoms with E-state index in [0.717, 1.165) is 6.42 Å². The highest BCUT2D eigenvalue weighted by Crippen LogP contribution is 2.56. The van der Waals surface area contributed by atoms with Crippen LogP contribution < -0.4 is 5.32 Å². The second-order valence-electron chi connectivity index (χ2n) is 13.5. The van der Waals surface area contributed by atoms with Gasteiger partial charge in [0.05, 0.1) is 39.6 Å². The molecule has 2 saturated carbocycles. The third-order valence-electron chi connectivity index (χ3n) is 8.96. The Morgan fingerprint density at radius 2 is 1.20 bits per heavy atom. The Bertz CT molecular complexity index is 1200. The van der Waals surface area contributed by atoms with E-state index in [1.54, 1.807) is 26.0 Å². The molecule has 0 saturated heterocycles. The van der Waals surface area contributed by atoms with Crippen LogP contribution in [-0.2, 0) is 52.4 Å². The van der Waals surface area contributed by atoms with Crippen molar-refractivity contribution in [2.24, 2.45) is 34.0 Å². The predicted octanol–water partition coefficient (Wildman–Crippen LogP) is 4.86. The Balaban J connectivity index is 1.54. The van der Waals surface area contributed by atoms with E-state index in [4.69, 9.17) is 28.4 Å². The maximum absolute atomic E-state index is 12.5. The lowest BCUT2D eigenvalue weighted by Gasteiger charge is -2.28. The van der Waals surface area contributed by atoms with E-state index in [0.29, 0.717) is 38.6 Å². The van der Waals surface area contributed by atoms with E-state index < -0.39 is 40.8 Å².